The van der Waals surface area contributed by atoms with Crippen molar-refractivity contribution in [1.82, 2.24) is 9.80 Å². The van der Waals surface area contributed by atoms with Gasteiger partial charge in [0.1, 0.15) is 5.84 Å². The van der Waals surface area contributed by atoms with Crippen LogP contribution in [0.5, 0.6) is 0 Å². The number of aliphatic imine (C=N–C) groups is 1. The Balaban J connectivity index is 0.00000104. The summed E-state index contributed by atoms with van der Waals surface area (Å²) >= 11 is 1.75. The number of hydrogen-bond acceptors (Lipinski definition) is 5. The van der Waals surface area contributed by atoms with Crippen molar-refractivity contribution in [3.63, 3.8) is 0 Å². The largest absolute Gasteiger partial charge is 0.353 e. The van der Waals surface area contributed by atoms with Gasteiger partial charge in [-0.05, 0) is 19.2 Å². The Morgan fingerprint density at radius 2 is 1.62 bits per heavy atom. The molecule has 4 nitrogen and oxygen atoms in total. The molecular weight excluding hydrogens is 363 g/mol. The molecule has 2 aliphatic rings. The van der Waals surface area contributed by atoms with Crippen LogP contribution in [-0.2, 0) is 0 Å². The van der Waals surface area contributed by atoms with E-state index < -0.39 is 0 Å². The van der Waals surface area contributed by atoms with E-state index in [1.807, 2.05) is 0 Å². The zero-order chi connectivity index (χ0) is 15.1. The molecule has 3 heterocycles. The van der Waals surface area contributed by atoms with Gasteiger partial charge in [-0.15, -0.1) is 36.2 Å². The smallest absolute Gasteiger partial charge is 0.139 e. The first-order valence-electron chi connectivity index (χ1n) is 7.65. The van der Waals surface area contributed by atoms with Crippen molar-refractivity contribution in [2.24, 2.45) is 4.99 Å². The molecule has 4 rings (SSSR count). The van der Waals surface area contributed by atoms with Gasteiger partial charge in [-0.25, -0.2) is 4.99 Å². The van der Waals surface area contributed by atoms with Crippen molar-refractivity contribution in [2.75, 3.05) is 45.2 Å². The molecule has 0 amide bonds. The third-order valence-corrected chi connectivity index (χ3v) is 5.25. The van der Waals surface area contributed by atoms with Crippen LogP contribution < -0.4 is 4.90 Å². The van der Waals surface area contributed by atoms with Crippen LogP contribution in [-0.4, -0.2) is 55.9 Å². The lowest BCUT2D eigenvalue weighted by Gasteiger charge is -2.34. The molecule has 7 heteroatoms. The minimum Gasteiger partial charge on any atom is -0.353 e. The second-order valence-corrected chi connectivity index (χ2v) is 6.69. The van der Waals surface area contributed by atoms with E-state index in [1.165, 1.54) is 16.9 Å². The highest BCUT2D eigenvalue weighted by molar-refractivity contribution is 7.08. The van der Waals surface area contributed by atoms with E-state index in [9.17, 15) is 0 Å². The lowest BCUT2D eigenvalue weighted by molar-refractivity contribution is 0.216. The maximum Gasteiger partial charge on any atom is 0.139 e. The van der Waals surface area contributed by atoms with Crippen LogP contribution in [0.15, 0.2) is 40.0 Å². The first-order chi connectivity index (χ1) is 10.7. The summed E-state index contributed by atoms with van der Waals surface area (Å²) in [7, 11) is 4.32. The minimum absolute atomic E-state index is 0. The lowest BCUT2D eigenvalue weighted by atomic mass is 10.2. The van der Waals surface area contributed by atoms with Crippen LogP contribution in [0, 0.1) is 0 Å². The molecular formula is C17H22Cl2N4S. The normalized spacial score (nSPS) is 17.0. The molecule has 0 aliphatic carbocycles. The molecule has 130 valence electrons. The van der Waals surface area contributed by atoms with E-state index >= 15 is 0 Å². The average molecular weight is 385 g/mol. The SMILES string of the molecule is CN1CCN(C2=Nc3ccccc3N(C)c3cscc32)CC1.Cl.Cl. The van der Waals surface area contributed by atoms with Crippen molar-refractivity contribution in [1.29, 1.82) is 0 Å². The highest BCUT2D eigenvalue weighted by Gasteiger charge is 2.26. The summed E-state index contributed by atoms with van der Waals surface area (Å²) in [6, 6.07) is 8.40. The van der Waals surface area contributed by atoms with Gasteiger partial charge >= 0.3 is 0 Å². The Kier molecular flexibility index (Phi) is 6.15. The van der Waals surface area contributed by atoms with Gasteiger partial charge in [0.15, 0.2) is 0 Å². The summed E-state index contributed by atoms with van der Waals surface area (Å²) in [6.07, 6.45) is 0. The van der Waals surface area contributed by atoms with Gasteiger partial charge in [0.2, 0.25) is 0 Å². The van der Waals surface area contributed by atoms with Crippen molar-refractivity contribution in [3.05, 3.63) is 40.6 Å². The molecule has 2 aromatic rings. The molecule has 0 unspecified atom stereocenters. The molecule has 2 aliphatic heterocycles. The number of piperazine rings is 1. The average Bonchev–Trinajstić information content (AvgIpc) is 2.99. The standard InChI is InChI=1S/C17H20N4S.2ClH/c1-19-7-9-21(10-8-19)17-13-11-22-12-16(13)20(2)15-6-4-3-5-14(15)18-17;;/h3-6,11-12H,7-10H2,1-2H3;2*1H. The zero-order valence-electron chi connectivity index (χ0n) is 13.8. The number of fused-ring (bicyclic) bond motifs is 2. The number of likely N-dealkylation sites (N-methyl/N-ethyl adjacent to an activating group) is 1. The molecule has 1 aromatic carbocycles. The summed E-state index contributed by atoms with van der Waals surface area (Å²) in [5.41, 5.74) is 4.74. The van der Waals surface area contributed by atoms with Gasteiger partial charge in [-0.2, -0.15) is 0 Å². The van der Waals surface area contributed by atoms with Crippen LogP contribution in [0.3, 0.4) is 0 Å². The fourth-order valence-corrected chi connectivity index (χ4v) is 3.97. The van der Waals surface area contributed by atoms with E-state index in [0.29, 0.717) is 0 Å². The topological polar surface area (TPSA) is 22.1 Å². The fraction of sp³-hybridized carbons (Fsp3) is 0.353. The Labute approximate surface area is 159 Å². The Morgan fingerprint density at radius 3 is 2.38 bits per heavy atom. The zero-order valence-corrected chi connectivity index (χ0v) is 16.3. The van der Waals surface area contributed by atoms with Crippen LogP contribution in [0.25, 0.3) is 0 Å². The Morgan fingerprint density at radius 1 is 0.917 bits per heavy atom. The number of para-hydroxylation sites is 2. The number of thiophene rings is 1. The summed E-state index contributed by atoms with van der Waals surface area (Å²) in [6.45, 7) is 4.26. The fourth-order valence-electron chi connectivity index (χ4n) is 3.12. The van der Waals surface area contributed by atoms with E-state index in [1.54, 1.807) is 11.3 Å². The minimum atomic E-state index is 0. The monoisotopic (exact) mass is 384 g/mol. The molecule has 24 heavy (non-hydrogen) atoms. The maximum absolute atomic E-state index is 5.04. The van der Waals surface area contributed by atoms with Crippen molar-refractivity contribution < 1.29 is 0 Å². The maximum atomic E-state index is 5.04. The summed E-state index contributed by atoms with van der Waals surface area (Å²) < 4.78 is 0. The third-order valence-electron chi connectivity index (χ3n) is 4.52. The number of nitrogens with zero attached hydrogens (tertiary/aromatic N) is 4. The molecule has 0 saturated carbocycles. The van der Waals surface area contributed by atoms with E-state index in [4.69, 9.17) is 4.99 Å². The van der Waals surface area contributed by atoms with Crippen molar-refractivity contribution in [2.45, 2.75) is 0 Å². The Hall–Kier alpha value is -1.27. The molecule has 0 atom stereocenters. The predicted octanol–water partition coefficient (Wildman–Crippen LogP) is 4.00. The van der Waals surface area contributed by atoms with Crippen LogP contribution in [0.1, 0.15) is 5.56 Å². The number of halogens is 2. The number of benzene rings is 1. The lowest BCUT2D eigenvalue weighted by Crippen LogP contribution is -2.47. The highest BCUT2D eigenvalue weighted by Crippen LogP contribution is 2.40. The van der Waals surface area contributed by atoms with E-state index in [-0.39, 0.29) is 24.8 Å². The molecule has 1 saturated heterocycles. The number of anilines is 2. The second kappa shape index (κ2) is 7.74. The molecule has 0 N–H and O–H groups in total. The summed E-state index contributed by atoms with van der Waals surface area (Å²) in [5.74, 6) is 1.13. The molecule has 1 aromatic heterocycles. The Bertz CT molecular complexity index is 723. The van der Waals surface area contributed by atoms with Gasteiger partial charge in [0.05, 0.1) is 22.6 Å². The van der Waals surface area contributed by atoms with Crippen molar-refractivity contribution >= 4 is 59.0 Å². The molecule has 1 fully saturated rings. The molecule has 0 radical (unpaired) electrons. The third kappa shape index (κ3) is 3.26. The van der Waals surface area contributed by atoms with Crippen LogP contribution in [0.4, 0.5) is 17.1 Å². The summed E-state index contributed by atoms with van der Waals surface area (Å²) in [5, 5.41) is 4.46. The van der Waals surface area contributed by atoms with Gasteiger partial charge in [-0.3, -0.25) is 0 Å². The second-order valence-electron chi connectivity index (χ2n) is 5.94. The van der Waals surface area contributed by atoms with Crippen LogP contribution in [0.2, 0.25) is 0 Å². The van der Waals surface area contributed by atoms with Gasteiger partial charge in [-0.1, -0.05) is 12.1 Å². The highest BCUT2D eigenvalue weighted by atomic mass is 35.5. The van der Waals surface area contributed by atoms with Crippen LogP contribution >= 0.6 is 36.2 Å². The summed E-state index contributed by atoms with van der Waals surface area (Å²) in [4.78, 5) is 12.1. The molecule has 0 bridgehead atoms. The quantitative estimate of drug-likeness (QED) is 0.685. The first kappa shape index (κ1) is 19.1. The number of amidine groups is 1. The first-order valence-corrected chi connectivity index (χ1v) is 8.60. The molecule has 0 spiro atoms. The van der Waals surface area contributed by atoms with Gasteiger partial charge in [0.25, 0.3) is 0 Å². The number of hydrogen-bond donors (Lipinski definition) is 0. The number of rotatable bonds is 0. The van der Waals surface area contributed by atoms with E-state index in [0.717, 1.165) is 37.7 Å². The predicted molar refractivity (Wildman–Crippen MR) is 109 cm³/mol. The van der Waals surface area contributed by atoms with E-state index in [2.05, 4.69) is 63.8 Å². The van der Waals surface area contributed by atoms with Gasteiger partial charge < -0.3 is 14.7 Å². The van der Waals surface area contributed by atoms with Gasteiger partial charge in [0, 0.05) is 44.0 Å². The van der Waals surface area contributed by atoms with Crippen molar-refractivity contribution in [3.8, 4) is 0 Å².